The monoisotopic (exact) mass is 490 g/mol. The molecule has 4 rings (SSSR count). The highest BCUT2D eigenvalue weighted by Crippen LogP contribution is 2.29. The number of halogens is 3. The molecule has 0 aliphatic heterocycles. The van der Waals surface area contributed by atoms with Crippen molar-refractivity contribution < 1.29 is 9.18 Å². The zero-order chi connectivity index (χ0) is 22.8. The molecular weight excluding hydrogens is 474 g/mol. The van der Waals surface area contributed by atoms with Crippen LogP contribution in [0.15, 0.2) is 54.5 Å². The molecule has 3 aromatic heterocycles. The van der Waals surface area contributed by atoms with E-state index in [9.17, 15) is 9.18 Å². The molecule has 1 N–H and O–H groups in total. The van der Waals surface area contributed by atoms with Crippen LogP contribution in [0.4, 0.5) is 4.39 Å². The van der Waals surface area contributed by atoms with Gasteiger partial charge >= 0.3 is 0 Å². The summed E-state index contributed by atoms with van der Waals surface area (Å²) in [4.78, 5) is 17.7. The van der Waals surface area contributed by atoms with E-state index in [4.69, 9.17) is 23.2 Å². The van der Waals surface area contributed by atoms with E-state index in [1.807, 2.05) is 18.2 Å². The minimum Gasteiger partial charge on any atom is -0.345 e. The number of nitrogens with one attached hydrogen (secondary N) is 1. The van der Waals surface area contributed by atoms with Crippen molar-refractivity contribution >= 4 is 56.4 Å². The fourth-order valence-corrected chi connectivity index (χ4v) is 4.55. The van der Waals surface area contributed by atoms with Crippen LogP contribution in [0.5, 0.6) is 0 Å². The number of nitrogens with zero attached hydrogens (tertiary/aromatic N) is 5. The molecule has 0 aliphatic carbocycles. The Hall–Kier alpha value is -3.01. The molecule has 1 amide bonds. The molecule has 1 aromatic carbocycles. The summed E-state index contributed by atoms with van der Waals surface area (Å²) in [6, 6.07) is 7.77. The zero-order valence-electron chi connectivity index (χ0n) is 16.8. The van der Waals surface area contributed by atoms with Crippen LogP contribution < -0.4 is 5.32 Å². The number of carbonyl (C=O) groups is 1. The van der Waals surface area contributed by atoms with Gasteiger partial charge in [0.15, 0.2) is 11.5 Å². The topological polar surface area (TPSA) is 77.6 Å². The summed E-state index contributed by atoms with van der Waals surface area (Å²) < 4.78 is 18.7. The Labute approximate surface area is 196 Å². The first-order valence-corrected chi connectivity index (χ1v) is 11.0. The third kappa shape index (κ3) is 4.59. The molecular formula is C21H17Cl2FN6OS. The molecule has 7 nitrogen and oxygen atoms in total. The van der Waals surface area contributed by atoms with E-state index < -0.39 is 11.7 Å². The van der Waals surface area contributed by atoms with Gasteiger partial charge in [0.2, 0.25) is 0 Å². The third-order valence-corrected chi connectivity index (χ3v) is 6.29. The van der Waals surface area contributed by atoms with E-state index in [1.165, 1.54) is 17.0 Å². The third-order valence-electron chi connectivity index (χ3n) is 4.65. The number of aryl methyl sites for hydroxylation is 1. The van der Waals surface area contributed by atoms with E-state index in [-0.39, 0.29) is 23.0 Å². The molecule has 3 heterocycles. The predicted molar refractivity (Wildman–Crippen MR) is 124 cm³/mol. The standard InChI is InChI=1S/C21H17Cl2FN6OS/c1-3-15(23)19(24)20-16(26-11-29(20)2)8-25-21(31)17-10-30(28-27-17)9-14-6-12-4-5-13(22)7-18(12)32-14/h3-7,10-11H,1,8-9H2,2H3,(H,25,31)/b19-15-. The van der Waals surface area contributed by atoms with Crippen LogP contribution in [0.1, 0.15) is 26.8 Å². The number of carbonyl (C=O) groups excluding carboxylic acids is 1. The maximum atomic E-state index is 14.5. The van der Waals surface area contributed by atoms with Crippen molar-refractivity contribution in [3.8, 4) is 0 Å². The average Bonchev–Trinajstić information content (AvgIpc) is 3.49. The van der Waals surface area contributed by atoms with E-state index in [2.05, 4.69) is 33.3 Å². The summed E-state index contributed by atoms with van der Waals surface area (Å²) in [6.07, 6.45) is 4.20. The van der Waals surface area contributed by atoms with Crippen molar-refractivity contribution in [1.29, 1.82) is 0 Å². The van der Waals surface area contributed by atoms with Crippen molar-refractivity contribution in [1.82, 2.24) is 29.9 Å². The lowest BCUT2D eigenvalue weighted by Gasteiger charge is -2.06. The number of rotatable bonds is 7. The van der Waals surface area contributed by atoms with Crippen LogP contribution in [-0.4, -0.2) is 30.5 Å². The molecule has 4 aromatic rings. The zero-order valence-corrected chi connectivity index (χ0v) is 19.2. The fourth-order valence-electron chi connectivity index (χ4n) is 3.12. The van der Waals surface area contributed by atoms with Gasteiger partial charge in [-0.25, -0.2) is 14.1 Å². The Bertz CT molecular complexity index is 1360. The highest BCUT2D eigenvalue weighted by Gasteiger charge is 2.18. The number of imidazole rings is 1. The first-order chi connectivity index (χ1) is 15.4. The van der Waals surface area contributed by atoms with Crippen molar-refractivity contribution in [3.05, 3.63) is 81.5 Å². The minimum atomic E-state index is -0.665. The molecule has 0 spiro atoms. The van der Waals surface area contributed by atoms with Crippen LogP contribution >= 0.6 is 34.5 Å². The smallest absolute Gasteiger partial charge is 0.273 e. The Balaban J connectivity index is 1.44. The van der Waals surface area contributed by atoms with Crippen LogP contribution in [0, 0.1) is 0 Å². The van der Waals surface area contributed by atoms with Crippen LogP contribution in [0.25, 0.3) is 15.9 Å². The molecule has 0 bridgehead atoms. The predicted octanol–water partition coefficient (Wildman–Crippen LogP) is 4.92. The Morgan fingerprint density at radius 3 is 2.97 bits per heavy atom. The molecule has 164 valence electrons. The minimum absolute atomic E-state index is 0.00628. The second-order valence-electron chi connectivity index (χ2n) is 6.90. The van der Waals surface area contributed by atoms with Gasteiger partial charge in [-0.1, -0.05) is 41.1 Å². The van der Waals surface area contributed by atoms with E-state index in [0.717, 1.165) is 15.0 Å². The van der Waals surface area contributed by atoms with Gasteiger partial charge < -0.3 is 9.88 Å². The van der Waals surface area contributed by atoms with Crippen LogP contribution in [0.3, 0.4) is 0 Å². The summed E-state index contributed by atoms with van der Waals surface area (Å²) in [7, 11) is 1.63. The molecule has 0 aliphatic rings. The Morgan fingerprint density at radius 1 is 1.38 bits per heavy atom. The van der Waals surface area contributed by atoms with Gasteiger partial charge in [-0.3, -0.25) is 4.79 Å². The molecule has 0 radical (unpaired) electrons. The Kier molecular flexibility index (Phi) is 6.40. The van der Waals surface area contributed by atoms with Gasteiger partial charge in [0.25, 0.3) is 5.91 Å². The molecule has 0 atom stereocenters. The van der Waals surface area contributed by atoms with Crippen molar-refractivity contribution in [2.45, 2.75) is 13.1 Å². The number of hydrogen-bond donors (Lipinski definition) is 1. The maximum absolute atomic E-state index is 14.5. The summed E-state index contributed by atoms with van der Waals surface area (Å²) in [5, 5.41) is 12.3. The van der Waals surface area contributed by atoms with Crippen molar-refractivity contribution in [2.24, 2.45) is 7.05 Å². The summed E-state index contributed by atoms with van der Waals surface area (Å²) in [5.74, 6) is -1.11. The number of allylic oxidation sites excluding steroid dienone is 2. The largest absolute Gasteiger partial charge is 0.345 e. The summed E-state index contributed by atoms with van der Waals surface area (Å²) in [6.45, 7) is 3.92. The number of hydrogen-bond acceptors (Lipinski definition) is 5. The number of fused-ring (bicyclic) bond motifs is 1. The molecule has 11 heteroatoms. The SMILES string of the molecule is C=C/C(Cl)=C(/F)c1c(CNC(=O)c2cn(Cc3cc4ccc(Cl)cc4s3)nn2)ncn1C. The molecule has 0 saturated carbocycles. The average molecular weight is 491 g/mol. The van der Waals surface area contributed by atoms with Crippen molar-refractivity contribution in [3.63, 3.8) is 0 Å². The second-order valence-corrected chi connectivity index (χ2v) is 8.91. The van der Waals surface area contributed by atoms with Crippen LogP contribution in [-0.2, 0) is 20.1 Å². The van der Waals surface area contributed by atoms with Gasteiger partial charge in [-0.2, -0.15) is 0 Å². The number of aromatic nitrogens is 5. The molecule has 0 fully saturated rings. The first-order valence-electron chi connectivity index (χ1n) is 9.40. The second kappa shape index (κ2) is 9.23. The highest BCUT2D eigenvalue weighted by molar-refractivity contribution is 7.19. The maximum Gasteiger partial charge on any atom is 0.273 e. The van der Waals surface area contributed by atoms with E-state index in [1.54, 1.807) is 29.3 Å². The fraction of sp³-hybridized carbons (Fsp3) is 0.143. The number of amides is 1. The van der Waals surface area contributed by atoms with E-state index in [0.29, 0.717) is 17.3 Å². The number of thiophene rings is 1. The van der Waals surface area contributed by atoms with Gasteiger partial charge in [0.05, 0.1) is 36.3 Å². The Morgan fingerprint density at radius 2 is 2.19 bits per heavy atom. The van der Waals surface area contributed by atoms with Gasteiger partial charge in [-0.15, -0.1) is 16.4 Å². The first kappa shape index (κ1) is 22.2. The van der Waals surface area contributed by atoms with Gasteiger partial charge in [-0.05, 0) is 29.7 Å². The molecule has 0 unspecified atom stereocenters. The lowest BCUT2D eigenvalue weighted by Crippen LogP contribution is -2.24. The van der Waals surface area contributed by atoms with E-state index >= 15 is 0 Å². The molecule has 32 heavy (non-hydrogen) atoms. The summed E-state index contributed by atoms with van der Waals surface area (Å²) in [5.41, 5.74) is 0.644. The lowest BCUT2D eigenvalue weighted by molar-refractivity contribution is 0.0945. The quantitative estimate of drug-likeness (QED) is 0.373. The summed E-state index contributed by atoms with van der Waals surface area (Å²) >= 11 is 13.5. The van der Waals surface area contributed by atoms with Gasteiger partial charge in [0.1, 0.15) is 5.69 Å². The van der Waals surface area contributed by atoms with Crippen LogP contribution in [0.2, 0.25) is 5.02 Å². The lowest BCUT2D eigenvalue weighted by atomic mass is 10.2. The normalized spacial score (nSPS) is 12.1. The van der Waals surface area contributed by atoms with Crippen molar-refractivity contribution in [2.75, 3.05) is 0 Å². The highest BCUT2D eigenvalue weighted by atomic mass is 35.5. The number of benzene rings is 1. The molecule has 0 saturated heterocycles. The van der Waals surface area contributed by atoms with Gasteiger partial charge in [0, 0.05) is 21.6 Å².